The van der Waals surface area contributed by atoms with Crippen LogP contribution in [0.3, 0.4) is 0 Å². The standard InChI is InChI=1S/C16H17FN2O2S/c1-2-21-11-5-6-12(13(17)9-11)15-18-14(10-22-15)16(20)19-7-3-4-8-19/h5-6,9-10H,2-4,7-8H2,1H3. The SMILES string of the molecule is CCOc1ccc(-c2nc(C(=O)N3CCCC3)cs2)c(F)c1. The van der Waals surface area contributed by atoms with E-state index in [4.69, 9.17) is 4.74 Å². The van der Waals surface area contributed by atoms with Crippen molar-refractivity contribution >= 4 is 17.2 Å². The Morgan fingerprint density at radius 2 is 2.18 bits per heavy atom. The van der Waals surface area contributed by atoms with Crippen molar-refractivity contribution in [2.24, 2.45) is 0 Å². The first-order valence-electron chi connectivity index (χ1n) is 7.36. The molecule has 1 aromatic carbocycles. The third-order valence-electron chi connectivity index (χ3n) is 3.60. The van der Waals surface area contributed by atoms with Crippen molar-refractivity contribution in [3.05, 3.63) is 35.1 Å². The van der Waals surface area contributed by atoms with Gasteiger partial charge in [0.25, 0.3) is 5.91 Å². The first kappa shape index (κ1) is 15.0. The normalized spacial score (nSPS) is 14.4. The Morgan fingerprint density at radius 1 is 1.41 bits per heavy atom. The summed E-state index contributed by atoms with van der Waals surface area (Å²) >= 11 is 1.28. The Morgan fingerprint density at radius 3 is 2.86 bits per heavy atom. The van der Waals surface area contributed by atoms with Crippen LogP contribution in [0.5, 0.6) is 5.75 Å². The fourth-order valence-electron chi connectivity index (χ4n) is 2.50. The molecule has 0 bridgehead atoms. The van der Waals surface area contributed by atoms with Crippen LogP contribution in [0, 0.1) is 5.82 Å². The van der Waals surface area contributed by atoms with E-state index in [-0.39, 0.29) is 11.7 Å². The Labute approximate surface area is 132 Å². The highest BCUT2D eigenvalue weighted by Crippen LogP contribution is 2.29. The van der Waals surface area contributed by atoms with Gasteiger partial charge in [0.05, 0.1) is 6.61 Å². The average molecular weight is 320 g/mol. The first-order valence-corrected chi connectivity index (χ1v) is 8.24. The van der Waals surface area contributed by atoms with E-state index >= 15 is 0 Å². The number of ether oxygens (including phenoxy) is 1. The molecule has 1 aromatic heterocycles. The van der Waals surface area contributed by atoms with Crippen LogP contribution in [0.2, 0.25) is 0 Å². The number of likely N-dealkylation sites (tertiary alicyclic amines) is 1. The van der Waals surface area contributed by atoms with E-state index in [1.165, 1.54) is 17.4 Å². The van der Waals surface area contributed by atoms with Crippen LogP contribution in [0.1, 0.15) is 30.3 Å². The highest BCUT2D eigenvalue weighted by atomic mass is 32.1. The van der Waals surface area contributed by atoms with Crippen molar-refractivity contribution in [2.45, 2.75) is 19.8 Å². The lowest BCUT2D eigenvalue weighted by Gasteiger charge is -2.12. The largest absolute Gasteiger partial charge is 0.494 e. The molecule has 22 heavy (non-hydrogen) atoms. The number of rotatable bonds is 4. The number of benzene rings is 1. The molecule has 4 nitrogen and oxygen atoms in total. The topological polar surface area (TPSA) is 42.4 Å². The van der Waals surface area contributed by atoms with Crippen LogP contribution >= 0.6 is 11.3 Å². The number of hydrogen-bond donors (Lipinski definition) is 0. The first-order chi connectivity index (χ1) is 10.7. The molecule has 2 aromatic rings. The minimum Gasteiger partial charge on any atom is -0.494 e. The summed E-state index contributed by atoms with van der Waals surface area (Å²) in [6, 6.07) is 4.71. The molecule has 116 valence electrons. The molecule has 2 heterocycles. The fraction of sp³-hybridized carbons (Fsp3) is 0.375. The molecule has 1 fully saturated rings. The summed E-state index contributed by atoms with van der Waals surface area (Å²) in [6.45, 7) is 3.90. The minimum absolute atomic E-state index is 0.0636. The molecule has 1 amide bonds. The Balaban J connectivity index is 1.82. The van der Waals surface area contributed by atoms with E-state index in [0.29, 0.717) is 28.6 Å². The summed E-state index contributed by atoms with van der Waals surface area (Å²) in [5.74, 6) is 0.0421. The number of carbonyl (C=O) groups is 1. The van der Waals surface area contributed by atoms with Crippen LogP contribution < -0.4 is 4.74 Å². The second-order valence-electron chi connectivity index (χ2n) is 5.11. The van der Waals surface area contributed by atoms with Gasteiger partial charge in [-0.25, -0.2) is 9.37 Å². The lowest BCUT2D eigenvalue weighted by atomic mass is 10.2. The van der Waals surface area contributed by atoms with Crippen molar-refractivity contribution in [1.29, 1.82) is 0 Å². The molecule has 3 rings (SSSR count). The summed E-state index contributed by atoms with van der Waals surface area (Å²) in [5.41, 5.74) is 0.795. The molecule has 0 unspecified atom stereocenters. The lowest BCUT2D eigenvalue weighted by molar-refractivity contribution is 0.0788. The Hall–Kier alpha value is -1.95. The maximum absolute atomic E-state index is 14.2. The second kappa shape index (κ2) is 6.44. The van der Waals surface area contributed by atoms with Gasteiger partial charge in [0, 0.05) is 30.1 Å². The molecule has 0 aliphatic carbocycles. The van der Waals surface area contributed by atoms with Crippen molar-refractivity contribution in [3.63, 3.8) is 0 Å². The smallest absolute Gasteiger partial charge is 0.273 e. The molecule has 0 N–H and O–H groups in total. The summed E-state index contributed by atoms with van der Waals surface area (Å²) < 4.78 is 19.4. The third kappa shape index (κ3) is 2.97. The van der Waals surface area contributed by atoms with Crippen molar-refractivity contribution in [1.82, 2.24) is 9.88 Å². The number of nitrogens with zero attached hydrogens (tertiary/aromatic N) is 2. The molecular weight excluding hydrogens is 303 g/mol. The monoisotopic (exact) mass is 320 g/mol. The van der Waals surface area contributed by atoms with E-state index in [9.17, 15) is 9.18 Å². The van der Waals surface area contributed by atoms with E-state index in [1.54, 1.807) is 22.4 Å². The molecule has 0 saturated carbocycles. The van der Waals surface area contributed by atoms with Gasteiger partial charge in [-0.05, 0) is 31.9 Å². The maximum atomic E-state index is 14.2. The summed E-state index contributed by atoms with van der Waals surface area (Å²) in [4.78, 5) is 18.4. The summed E-state index contributed by atoms with van der Waals surface area (Å²) in [6.07, 6.45) is 2.08. The van der Waals surface area contributed by atoms with Gasteiger partial charge in [-0.1, -0.05) is 0 Å². The van der Waals surface area contributed by atoms with Gasteiger partial charge in [0.15, 0.2) is 0 Å². The number of aromatic nitrogens is 1. The molecule has 0 radical (unpaired) electrons. The Bertz CT molecular complexity index is 681. The van der Waals surface area contributed by atoms with Crippen LogP contribution in [0.15, 0.2) is 23.6 Å². The summed E-state index contributed by atoms with van der Waals surface area (Å²) in [5, 5.41) is 2.22. The van der Waals surface area contributed by atoms with Gasteiger partial charge in [0.1, 0.15) is 22.3 Å². The van der Waals surface area contributed by atoms with Crippen LogP contribution in [0.4, 0.5) is 4.39 Å². The van der Waals surface area contributed by atoms with Crippen LogP contribution in [0.25, 0.3) is 10.6 Å². The molecule has 6 heteroatoms. The molecular formula is C16H17FN2O2S. The summed E-state index contributed by atoms with van der Waals surface area (Å²) in [7, 11) is 0. The number of amides is 1. The number of hydrogen-bond acceptors (Lipinski definition) is 4. The lowest BCUT2D eigenvalue weighted by Crippen LogP contribution is -2.27. The van der Waals surface area contributed by atoms with Crippen molar-refractivity contribution in [2.75, 3.05) is 19.7 Å². The van der Waals surface area contributed by atoms with Crippen LogP contribution in [-0.4, -0.2) is 35.5 Å². The quantitative estimate of drug-likeness (QED) is 0.864. The van der Waals surface area contributed by atoms with Crippen molar-refractivity contribution < 1.29 is 13.9 Å². The Kier molecular flexibility index (Phi) is 4.38. The molecule has 1 saturated heterocycles. The van der Waals surface area contributed by atoms with Gasteiger partial charge in [0.2, 0.25) is 0 Å². The predicted molar refractivity (Wildman–Crippen MR) is 83.8 cm³/mol. The number of carbonyl (C=O) groups excluding carboxylic acids is 1. The van der Waals surface area contributed by atoms with Crippen molar-refractivity contribution in [3.8, 4) is 16.3 Å². The zero-order valence-electron chi connectivity index (χ0n) is 12.3. The zero-order chi connectivity index (χ0) is 15.5. The maximum Gasteiger partial charge on any atom is 0.273 e. The highest BCUT2D eigenvalue weighted by Gasteiger charge is 2.22. The molecule has 0 spiro atoms. The molecule has 0 atom stereocenters. The van der Waals surface area contributed by atoms with Gasteiger partial charge in [-0.3, -0.25) is 4.79 Å². The van der Waals surface area contributed by atoms with E-state index in [1.807, 2.05) is 6.92 Å². The fourth-order valence-corrected chi connectivity index (χ4v) is 3.32. The highest BCUT2D eigenvalue weighted by molar-refractivity contribution is 7.13. The molecule has 1 aliphatic heterocycles. The van der Waals surface area contributed by atoms with Crippen LogP contribution in [-0.2, 0) is 0 Å². The van der Waals surface area contributed by atoms with Gasteiger partial charge >= 0.3 is 0 Å². The zero-order valence-corrected chi connectivity index (χ0v) is 13.2. The van der Waals surface area contributed by atoms with E-state index in [2.05, 4.69) is 4.98 Å². The minimum atomic E-state index is -0.388. The number of thiazole rings is 1. The van der Waals surface area contributed by atoms with Gasteiger partial charge in [-0.2, -0.15) is 0 Å². The van der Waals surface area contributed by atoms with E-state index < -0.39 is 0 Å². The van der Waals surface area contributed by atoms with Gasteiger partial charge < -0.3 is 9.64 Å². The number of halogens is 1. The average Bonchev–Trinajstić information content (AvgIpc) is 3.19. The molecule has 1 aliphatic rings. The second-order valence-corrected chi connectivity index (χ2v) is 5.97. The third-order valence-corrected chi connectivity index (χ3v) is 4.47. The predicted octanol–water partition coefficient (Wildman–Crippen LogP) is 3.58. The van der Waals surface area contributed by atoms with E-state index in [0.717, 1.165) is 25.9 Å². The van der Waals surface area contributed by atoms with Gasteiger partial charge in [-0.15, -0.1) is 11.3 Å².